The summed E-state index contributed by atoms with van der Waals surface area (Å²) in [7, 11) is 3.14. The summed E-state index contributed by atoms with van der Waals surface area (Å²) in [6.07, 6.45) is 3.40. The summed E-state index contributed by atoms with van der Waals surface area (Å²) in [6.45, 7) is 12.1. The van der Waals surface area contributed by atoms with Crippen LogP contribution in [0.5, 0.6) is 11.8 Å². The molecule has 4 aromatic rings. The minimum Gasteiger partial charge on any atom is -0.481 e. The number of nitrogens with two attached hydrogens (primary N) is 1. The van der Waals surface area contributed by atoms with E-state index in [1.807, 2.05) is 39.0 Å². The lowest BCUT2D eigenvalue weighted by molar-refractivity contribution is 0.0478. The Labute approximate surface area is 298 Å². The molecule has 6 rings (SSSR count). The van der Waals surface area contributed by atoms with Gasteiger partial charge >= 0.3 is 6.09 Å². The van der Waals surface area contributed by atoms with Crippen LogP contribution < -0.4 is 31.6 Å². The van der Waals surface area contributed by atoms with Crippen LogP contribution in [-0.2, 0) is 17.8 Å². The monoisotopic (exact) mass is 704 g/mol. The van der Waals surface area contributed by atoms with E-state index in [0.717, 1.165) is 75.7 Å². The van der Waals surface area contributed by atoms with Gasteiger partial charge in [-0.3, -0.25) is 18.7 Å². The standard InChI is InChI=1S/C21H30N4O4.C16H22N4O2/c1-21(2,3)29-20(27)22-16-9-11-24(12-10-16)13-14-25-18(26)8-6-15-5-7-17(28-4)23-19(15)25;1-22-14-4-2-12-3-5-15(21)20(16(12)18-14)11-10-19-8-6-13(17)7-9-19/h5-8,16H,9-14H2,1-4H3,(H,22,27);2-5,13H,6-11,17H2,1H3. The second-order valence-electron chi connectivity index (χ2n) is 14.1. The highest BCUT2D eigenvalue weighted by molar-refractivity contribution is 5.76. The Morgan fingerprint density at radius 2 is 1.16 bits per heavy atom. The van der Waals surface area contributed by atoms with Crippen LogP contribution in [0.1, 0.15) is 46.5 Å². The van der Waals surface area contributed by atoms with E-state index in [4.69, 9.17) is 19.9 Å². The summed E-state index contributed by atoms with van der Waals surface area (Å²) in [5.41, 5.74) is 6.66. The van der Waals surface area contributed by atoms with Gasteiger partial charge in [0.15, 0.2) is 0 Å². The van der Waals surface area contributed by atoms with E-state index in [9.17, 15) is 14.4 Å². The number of alkyl carbamates (subject to hydrolysis) is 1. The molecule has 0 atom stereocenters. The van der Waals surface area contributed by atoms with Gasteiger partial charge in [0.25, 0.3) is 11.1 Å². The number of carbonyl (C=O) groups is 1. The Bertz CT molecular complexity index is 1890. The minimum absolute atomic E-state index is 0.0260. The molecule has 0 aromatic carbocycles. The molecule has 0 aliphatic carbocycles. The fraction of sp³-hybridized carbons (Fsp3) is 0.541. The first-order valence-corrected chi connectivity index (χ1v) is 17.7. The zero-order chi connectivity index (χ0) is 36.5. The fourth-order valence-corrected chi connectivity index (χ4v) is 6.38. The molecule has 14 nitrogen and oxygen atoms in total. The number of fused-ring (bicyclic) bond motifs is 2. The summed E-state index contributed by atoms with van der Waals surface area (Å²) in [5, 5.41) is 4.80. The maximum Gasteiger partial charge on any atom is 0.407 e. The van der Waals surface area contributed by atoms with Crippen molar-refractivity contribution in [1.82, 2.24) is 34.2 Å². The maximum atomic E-state index is 12.4. The number of hydrogen-bond acceptors (Lipinski definition) is 11. The summed E-state index contributed by atoms with van der Waals surface area (Å²) >= 11 is 0. The molecule has 3 N–H and O–H groups in total. The molecule has 0 unspecified atom stereocenters. The lowest BCUT2D eigenvalue weighted by Gasteiger charge is -2.32. The highest BCUT2D eigenvalue weighted by Gasteiger charge is 2.24. The zero-order valence-corrected chi connectivity index (χ0v) is 30.5. The molecular weight excluding hydrogens is 652 g/mol. The van der Waals surface area contributed by atoms with E-state index in [1.165, 1.54) is 0 Å². The van der Waals surface area contributed by atoms with Crippen molar-refractivity contribution in [1.29, 1.82) is 0 Å². The van der Waals surface area contributed by atoms with Gasteiger partial charge in [-0.15, -0.1) is 0 Å². The number of nitrogens with zero attached hydrogens (tertiary/aromatic N) is 6. The number of ether oxygens (including phenoxy) is 3. The minimum atomic E-state index is -0.493. The van der Waals surface area contributed by atoms with E-state index in [0.29, 0.717) is 42.2 Å². The number of likely N-dealkylation sites (tertiary alicyclic amines) is 2. The van der Waals surface area contributed by atoms with Gasteiger partial charge in [0.2, 0.25) is 11.8 Å². The summed E-state index contributed by atoms with van der Waals surface area (Å²) in [5.74, 6) is 1.02. The van der Waals surface area contributed by atoms with Gasteiger partial charge in [0, 0.05) is 86.4 Å². The molecule has 0 spiro atoms. The third kappa shape index (κ3) is 10.5. The van der Waals surface area contributed by atoms with Crippen molar-refractivity contribution in [2.24, 2.45) is 5.73 Å². The molecule has 0 saturated carbocycles. The molecule has 51 heavy (non-hydrogen) atoms. The van der Waals surface area contributed by atoms with Crippen molar-refractivity contribution in [2.75, 3.05) is 53.5 Å². The molecule has 0 bridgehead atoms. The number of nitrogens with one attached hydrogen (secondary N) is 1. The molecule has 2 aliphatic heterocycles. The predicted octanol–water partition coefficient (Wildman–Crippen LogP) is 3.22. The number of methoxy groups -OCH3 is 2. The van der Waals surface area contributed by atoms with Gasteiger partial charge in [-0.1, -0.05) is 0 Å². The third-order valence-corrected chi connectivity index (χ3v) is 9.25. The first kappa shape index (κ1) is 37.7. The SMILES string of the molecule is COc1ccc2ccc(=O)n(CCN3CCC(N)CC3)c2n1.COc1ccc2ccc(=O)n(CCN3CCC(NC(=O)OC(C)(C)C)CC3)c2n1. The van der Waals surface area contributed by atoms with Crippen LogP contribution in [-0.4, -0.2) is 106 Å². The van der Waals surface area contributed by atoms with Gasteiger partial charge in [-0.2, -0.15) is 9.97 Å². The van der Waals surface area contributed by atoms with Crippen LogP contribution in [0.25, 0.3) is 22.1 Å². The van der Waals surface area contributed by atoms with E-state index in [1.54, 1.807) is 53.7 Å². The van der Waals surface area contributed by atoms with Gasteiger partial charge in [-0.25, -0.2) is 4.79 Å². The smallest absolute Gasteiger partial charge is 0.407 e. The van der Waals surface area contributed by atoms with Gasteiger partial charge in [0.05, 0.1) is 14.2 Å². The van der Waals surface area contributed by atoms with Crippen molar-refractivity contribution in [2.45, 2.75) is 77.2 Å². The van der Waals surface area contributed by atoms with Crippen LogP contribution in [0.2, 0.25) is 0 Å². The molecule has 0 radical (unpaired) electrons. The fourth-order valence-electron chi connectivity index (χ4n) is 6.38. The average Bonchev–Trinajstić information content (AvgIpc) is 3.11. The molecule has 276 valence electrons. The second-order valence-corrected chi connectivity index (χ2v) is 14.1. The van der Waals surface area contributed by atoms with Crippen molar-refractivity contribution in [3.05, 3.63) is 69.2 Å². The Balaban J connectivity index is 0.000000205. The molecule has 6 heterocycles. The number of hydrogen-bond donors (Lipinski definition) is 2. The Morgan fingerprint density at radius 1 is 0.725 bits per heavy atom. The first-order chi connectivity index (χ1) is 24.4. The van der Waals surface area contributed by atoms with E-state index in [-0.39, 0.29) is 23.3 Å². The van der Waals surface area contributed by atoms with Gasteiger partial charge < -0.3 is 35.1 Å². The number of amides is 1. The lowest BCUT2D eigenvalue weighted by Crippen LogP contribution is -2.46. The highest BCUT2D eigenvalue weighted by atomic mass is 16.6. The third-order valence-electron chi connectivity index (χ3n) is 9.25. The van der Waals surface area contributed by atoms with Crippen LogP contribution in [0, 0.1) is 0 Å². The summed E-state index contributed by atoms with van der Waals surface area (Å²) in [4.78, 5) is 50.1. The summed E-state index contributed by atoms with van der Waals surface area (Å²) < 4.78 is 19.1. The van der Waals surface area contributed by atoms with Crippen LogP contribution in [0.15, 0.2) is 58.1 Å². The van der Waals surface area contributed by atoms with Crippen LogP contribution in [0.4, 0.5) is 4.79 Å². The normalized spacial score (nSPS) is 16.4. The molecule has 2 fully saturated rings. The maximum absolute atomic E-state index is 12.4. The Kier molecular flexibility index (Phi) is 12.7. The van der Waals surface area contributed by atoms with Gasteiger partial charge in [-0.05, 0) is 83.8 Å². The van der Waals surface area contributed by atoms with Crippen molar-refractivity contribution in [3.8, 4) is 11.8 Å². The quantitative estimate of drug-likeness (QED) is 0.264. The molecule has 2 aliphatic rings. The van der Waals surface area contributed by atoms with Crippen molar-refractivity contribution in [3.63, 3.8) is 0 Å². The van der Waals surface area contributed by atoms with Crippen LogP contribution >= 0.6 is 0 Å². The molecule has 4 aromatic heterocycles. The van der Waals surface area contributed by atoms with E-state index in [2.05, 4.69) is 25.1 Å². The molecule has 14 heteroatoms. The molecule has 1 amide bonds. The zero-order valence-electron chi connectivity index (χ0n) is 30.5. The number of piperidine rings is 2. The van der Waals surface area contributed by atoms with Crippen molar-refractivity contribution >= 4 is 28.2 Å². The second kappa shape index (κ2) is 17.1. The van der Waals surface area contributed by atoms with Gasteiger partial charge in [0.1, 0.15) is 16.9 Å². The van der Waals surface area contributed by atoms with Crippen molar-refractivity contribution < 1.29 is 19.0 Å². The molecular formula is C37H52N8O6. The topological polar surface area (TPSA) is 159 Å². The summed E-state index contributed by atoms with van der Waals surface area (Å²) in [6, 6.07) is 14.6. The number of carbonyl (C=O) groups excluding carboxylic acids is 1. The number of rotatable bonds is 9. The lowest BCUT2D eigenvalue weighted by atomic mass is 10.1. The first-order valence-electron chi connectivity index (χ1n) is 17.7. The predicted molar refractivity (Wildman–Crippen MR) is 198 cm³/mol. The van der Waals surface area contributed by atoms with E-state index < -0.39 is 5.60 Å². The van der Waals surface area contributed by atoms with E-state index >= 15 is 0 Å². The van der Waals surface area contributed by atoms with Crippen LogP contribution in [0.3, 0.4) is 0 Å². The average molecular weight is 705 g/mol. The highest BCUT2D eigenvalue weighted by Crippen LogP contribution is 2.18. The number of pyridine rings is 4. The number of aromatic nitrogens is 4. The Hall–Kier alpha value is -4.53. The Morgan fingerprint density at radius 3 is 1.59 bits per heavy atom. The molecule has 2 saturated heterocycles. The largest absolute Gasteiger partial charge is 0.481 e.